The van der Waals surface area contributed by atoms with Crippen LogP contribution in [0.4, 0.5) is 0 Å². The molecule has 0 radical (unpaired) electrons. The lowest BCUT2D eigenvalue weighted by atomic mass is 9.90. The highest BCUT2D eigenvalue weighted by molar-refractivity contribution is 5.92. The molecule has 104 valence electrons. The summed E-state index contributed by atoms with van der Waals surface area (Å²) in [6.07, 6.45) is 3.83. The van der Waals surface area contributed by atoms with Gasteiger partial charge in [0.15, 0.2) is 0 Å². The zero-order chi connectivity index (χ0) is 14.0. The van der Waals surface area contributed by atoms with Crippen molar-refractivity contribution in [1.82, 2.24) is 0 Å². The largest absolute Gasteiger partial charge is 0.324 e. The summed E-state index contributed by atoms with van der Waals surface area (Å²) >= 11 is 0. The monoisotopic (exact) mass is 265 g/mol. The fourth-order valence-corrected chi connectivity index (χ4v) is 4.10. The van der Waals surface area contributed by atoms with Gasteiger partial charge in [-0.3, -0.25) is 0 Å². The van der Waals surface area contributed by atoms with Gasteiger partial charge in [0.25, 0.3) is 0 Å². The van der Waals surface area contributed by atoms with E-state index >= 15 is 0 Å². The molecule has 0 saturated heterocycles. The van der Waals surface area contributed by atoms with Crippen molar-refractivity contribution >= 4 is 10.8 Å². The Morgan fingerprint density at radius 1 is 0.950 bits per heavy atom. The molecule has 0 unspecified atom stereocenters. The van der Waals surface area contributed by atoms with Gasteiger partial charge in [0.1, 0.15) is 0 Å². The first kappa shape index (κ1) is 12.4. The first-order valence-corrected chi connectivity index (χ1v) is 7.89. The van der Waals surface area contributed by atoms with Crippen molar-refractivity contribution in [3.05, 3.63) is 46.0 Å². The van der Waals surface area contributed by atoms with Crippen molar-refractivity contribution in [1.29, 1.82) is 0 Å². The third-order valence-electron chi connectivity index (χ3n) is 5.33. The molecule has 2 N–H and O–H groups in total. The second kappa shape index (κ2) is 4.08. The molecule has 2 aromatic carbocycles. The van der Waals surface area contributed by atoms with E-state index < -0.39 is 0 Å². The van der Waals surface area contributed by atoms with Crippen LogP contribution in [0.5, 0.6) is 0 Å². The van der Waals surface area contributed by atoms with Crippen molar-refractivity contribution in [2.75, 3.05) is 0 Å². The molecule has 2 aromatic rings. The molecule has 2 aliphatic rings. The zero-order valence-corrected chi connectivity index (χ0v) is 12.7. The average molecular weight is 265 g/mol. The molecular formula is C19H23N. The fraction of sp³-hybridized carbons (Fsp3) is 0.474. The highest BCUT2D eigenvalue weighted by atomic mass is 14.7. The number of hydrogen-bond acceptors (Lipinski definition) is 1. The van der Waals surface area contributed by atoms with Crippen LogP contribution in [0.3, 0.4) is 0 Å². The molecule has 0 amide bonds. The third kappa shape index (κ3) is 1.66. The predicted octanol–water partition coefficient (Wildman–Crippen LogP) is 4.84. The van der Waals surface area contributed by atoms with Gasteiger partial charge in [0, 0.05) is 6.04 Å². The lowest BCUT2D eigenvalue weighted by molar-refractivity contribution is 0.641. The molecule has 20 heavy (non-hydrogen) atoms. The smallest absolute Gasteiger partial charge is 0.0309 e. The van der Waals surface area contributed by atoms with Crippen molar-refractivity contribution in [3.63, 3.8) is 0 Å². The molecule has 1 saturated carbocycles. The molecule has 1 heteroatoms. The summed E-state index contributed by atoms with van der Waals surface area (Å²) in [4.78, 5) is 0. The van der Waals surface area contributed by atoms with E-state index in [2.05, 4.69) is 39.0 Å². The lowest BCUT2D eigenvalue weighted by Crippen LogP contribution is -2.06. The van der Waals surface area contributed by atoms with Crippen LogP contribution in [0.15, 0.2) is 18.2 Å². The third-order valence-corrected chi connectivity index (χ3v) is 5.33. The molecule has 4 rings (SSSR count). The Bertz CT molecular complexity index is 710. The molecule has 1 nitrogen and oxygen atoms in total. The number of hydrogen-bond donors (Lipinski definition) is 1. The van der Waals surface area contributed by atoms with E-state index in [1.54, 1.807) is 5.56 Å². The minimum atomic E-state index is 0.217. The quantitative estimate of drug-likeness (QED) is 0.784. The lowest BCUT2D eigenvalue weighted by Gasteiger charge is -2.16. The maximum Gasteiger partial charge on any atom is 0.0309 e. The van der Waals surface area contributed by atoms with Crippen LogP contribution in [0.1, 0.15) is 71.9 Å². The van der Waals surface area contributed by atoms with Crippen molar-refractivity contribution in [2.45, 2.75) is 57.9 Å². The van der Waals surface area contributed by atoms with Gasteiger partial charge >= 0.3 is 0 Å². The maximum atomic E-state index is 6.41. The van der Waals surface area contributed by atoms with Gasteiger partial charge in [-0.2, -0.15) is 0 Å². The van der Waals surface area contributed by atoms with E-state index in [4.69, 9.17) is 5.73 Å². The van der Waals surface area contributed by atoms with Gasteiger partial charge < -0.3 is 5.73 Å². The van der Waals surface area contributed by atoms with E-state index in [-0.39, 0.29) is 6.04 Å². The molecule has 2 atom stereocenters. The van der Waals surface area contributed by atoms with Gasteiger partial charge in [0.05, 0.1) is 0 Å². The van der Waals surface area contributed by atoms with Gasteiger partial charge in [-0.25, -0.2) is 0 Å². The highest BCUT2D eigenvalue weighted by Gasteiger charge is 2.30. The second-order valence-electron chi connectivity index (χ2n) is 6.97. The number of nitrogens with two attached hydrogens (primary N) is 1. The normalized spacial score (nSPS) is 25.2. The topological polar surface area (TPSA) is 26.0 Å². The molecule has 0 aliphatic heterocycles. The predicted molar refractivity (Wildman–Crippen MR) is 85.4 cm³/mol. The molecule has 2 aliphatic carbocycles. The fourth-order valence-electron chi connectivity index (χ4n) is 4.10. The first-order valence-electron chi connectivity index (χ1n) is 7.89. The Morgan fingerprint density at radius 3 is 2.40 bits per heavy atom. The van der Waals surface area contributed by atoms with Crippen LogP contribution >= 0.6 is 0 Å². The number of rotatable bonds is 1. The first-order chi connectivity index (χ1) is 9.56. The minimum Gasteiger partial charge on any atom is -0.324 e. The van der Waals surface area contributed by atoms with Crippen molar-refractivity contribution in [2.24, 2.45) is 5.73 Å². The number of fused-ring (bicyclic) bond motifs is 3. The van der Waals surface area contributed by atoms with Crippen LogP contribution in [-0.4, -0.2) is 0 Å². The molecule has 0 spiro atoms. The Hall–Kier alpha value is -1.34. The zero-order valence-electron chi connectivity index (χ0n) is 12.7. The molecular weight excluding hydrogens is 242 g/mol. The Morgan fingerprint density at radius 2 is 1.70 bits per heavy atom. The van der Waals surface area contributed by atoms with Crippen molar-refractivity contribution in [3.8, 4) is 0 Å². The van der Waals surface area contributed by atoms with Crippen LogP contribution in [0, 0.1) is 13.8 Å². The van der Waals surface area contributed by atoms with E-state index in [0.717, 1.165) is 12.3 Å². The maximum absolute atomic E-state index is 6.41. The SMILES string of the molecule is Cc1cc2c3c(cc(C)c2cc1C1CC1)[C@@H](C)C[C@@H]3N. The standard InChI is InChI=1S/C19H23N/c1-10-7-17-15(9-14(10)13-4-5-13)11(2)6-16-12(3)8-18(20)19(16)17/h6-7,9,12-13,18H,4-5,8,20H2,1-3H3/t12-,18-/m0/s1. The summed E-state index contributed by atoms with van der Waals surface area (Å²) in [6.45, 7) is 6.83. The highest BCUT2D eigenvalue weighted by Crippen LogP contribution is 2.47. The summed E-state index contributed by atoms with van der Waals surface area (Å²) in [6, 6.07) is 7.47. The van der Waals surface area contributed by atoms with Gasteiger partial charge in [-0.15, -0.1) is 0 Å². The van der Waals surface area contributed by atoms with E-state index in [1.807, 2.05) is 0 Å². The van der Waals surface area contributed by atoms with Crippen molar-refractivity contribution < 1.29 is 0 Å². The average Bonchev–Trinajstić information content (AvgIpc) is 3.17. The Labute approximate surface area is 121 Å². The Kier molecular flexibility index (Phi) is 2.53. The van der Waals surface area contributed by atoms with Crippen LogP contribution in [0.2, 0.25) is 0 Å². The van der Waals surface area contributed by atoms with Crippen LogP contribution in [-0.2, 0) is 0 Å². The Balaban J connectivity index is 2.05. The molecule has 1 fully saturated rings. The summed E-state index contributed by atoms with van der Waals surface area (Å²) in [5, 5.41) is 2.85. The van der Waals surface area contributed by atoms with E-state index in [1.165, 1.54) is 45.9 Å². The van der Waals surface area contributed by atoms with E-state index in [9.17, 15) is 0 Å². The van der Waals surface area contributed by atoms with Crippen LogP contribution < -0.4 is 5.73 Å². The summed E-state index contributed by atoms with van der Waals surface area (Å²) < 4.78 is 0. The van der Waals surface area contributed by atoms with Gasteiger partial charge in [0.2, 0.25) is 0 Å². The van der Waals surface area contributed by atoms with Gasteiger partial charge in [-0.1, -0.05) is 25.1 Å². The minimum absolute atomic E-state index is 0.217. The second-order valence-corrected chi connectivity index (χ2v) is 6.97. The summed E-state index contributed by atoms with van der Waals surface area (Å²) in [5.74, 6) is 1.42. The summed E-state index contributed by atoms with van der Waals surface area (Å²) in [5.41, 5.74) is 13.8. The van der Waals surface area contributed by atoms with Crippen LogP contribution in [0.25, 0.3) is 10.8 Å². The molecule has 0 aromatic heterocycles. The van der Waals surface area contributed by atoms with E-state index in [0.29, 0.717) is 5.92 Å². The number of aryl methyl sites for hydroxylation is 2. The molecule has 0 bridgehead atoms. The van der Waals surface area contributed by atoms with Gasteiger partial charge in [-0.05, 0) is 83.5 Å². The molecule has 0 heterocycles. The summed E-state index contributed by atoms with van der Waals surface area (Å²) in [7, 11) is 0. The number of benzene rings is 2.